The van der Waals surface area contributed by atoms with E-state index < -0.39 is 10.0 Å². The first-order chi connectivity index (χ1) is 12.5. The van der Waals surface area contributed by atoms with E-state index in [4.69, 9.17) is 9.47 Å². The van der Waals surface area contributed by atoms with Gasteiger partial charge in [0.05, 0.1) is 18.0 Å². The second kappa shape index (κ2) is 8.01. The maximum atomic E-state index is 13.0. The summed E-state index contributed by atoms with van der Waals surface area (Å²) in [5.74, 6) is 1.11. The molecule has 1 fully saturated rings. The van der Waals surface area contributed by atoms with Crippen molar-refractivity contribution in [1.82, 2.24) is 14.5 Å². The van der Waals surface area contributed by atoms with Gasteiger partial charge in [0.2, 0.25) is 15.9 Å². The van der Waals surface area contributed by atoms with Gasteiger partial charge in [-0.25, -0.2) is 8.42 Å². The molecule has 0 saturated carbocycles. The van der Waals surface area contributed by atoms with Gasteiger partial charge in [-0.05, 0) is 56.5 Å². The normalized spacial score (nSPS) is 18.5. The fourth-order valence-corrected chi connectivity index (χ4v) is 4.59. The standard InChI is InChI=1S/C18H23N3O4S/c1-3-24-17-9-8-16(12-14(17)2)26(22,23)21-11-5-6-15(13-21)25-18-7-4-10-19-20-18/h4,7-10,12,15H,3,5-6,11,13H2,1-2H3. The van der Waals surface area contributed by atoms with Gasteiger partial charge in [-0.2, -0.15) is 9.40 Å². The third kappa shape index (κ3) is 4.13. The van der Waals surface area contributed by atoms with Gasteiger partial charge >= 0.3 is 0 Å². The molecule has 26 heavy (non-hydrogen) atoms. The monoisotopic (exact) mass is 377 g/mol. The Hall–Kier alpha value is -2.19. The van der Waals surface area contributed by atoms with E-state index in [-0.39, 0.29) is 11.0 Å². The molecule has 1 saturated heterocycles. The van der Waals surface area contributed by atoms with Crippen LogP contribution in [0.4, 0.5) is 0 Å². The van der Waals surface area contributed by atoms with E-state index in [1.807, 2.05) is 13.8 Å². The fourth-order valence-electron chi connectivity index (χ4n) is 2.99. The molecule has 2 heterocycles. The van der Waals surface area contributed by atoms with Gasteiger partial charge in [-0.3, -0.25) is 0 Å². The molecule has 7 nitrogen and oxygen atoms in total. The predicted octanol–water partition coefficient (Wildman–Crippen LogP) is 2.42. The van der Waals surface area contributed by atoms with Crippen molar-refractivity contribution >= 4 is 10.0 Å². The molecule has 0 radical (unpaired) electrons. The van der Waals surface area contributed by atoms with Gasteiger partial charge in [-0.1, -0.05) is 0 Å². The molecule has 1 aliphatic heterocycles. The van der Waals surface area contributed by atoms with E-state index in [1.165, 1.54) is 4.31 Å². The quantitative estimate of drug-likeness (QED) is 0.769. The summed E-state index contributed by atoms with van der Waals surface area (Å²) in [4.78, 5) is 0.276. The van der Waals surface area contributed by atoms with Crippen molar-refractivity contribution in [1.29, 1.82) is 0 Å². The minimum Gasteiger partial charge on any atom is -0.494 e. The van der Waals surface area contributed by atoms with Crippen molar-refractivity contribution in [2.45, 2.75) is 37.7 Å². The smallest absolute Gasteiger partial charge is 0.243 e. The molecule has 0 bridgehead atoms. The van der Waals surface area contributed by atoms with Gasteiger partial charge in [0.1, 0.15) is 11.9 Å². The lowest BCUT2D eigenvalue weighted by Gasteiger charge is -2.31. The summed E-state index contributed by atoms with van der Waals surface area (Å²) in [6, 6.07) is 8.43. The number of hydrogen-bond acceptors (Lipinski definition) is 6. The van der Waals surface area contributed by atoms with E-state index in [0.717, 1.165) is 18.4 Å². The van der Waals surface area contributed by atoms with Gasteiger partial charge in [-0.15, -0.1) is 5.10 Å². The molecule has 0 spiro atoms. The summed E-state index contributed by atoms with van der Waals surface area (Å²) in [5.41, 5.74) is 0.803. The van der Waals surface area contributed by atoms with Crippen molar-refractivity contribution in [3.63, 3.8) is 0 Å². The molecular formula is C18H23N3O4S. The lowest BCUT2D eigenvalue weighted by atomic mass is 10.1. The predicted molar refractivity (Wildman–Crippen MR) is 96.8 cm³/mol. The first-order valence-electron chi connectivity index (χ1n) is 8.68. The van der Waals surface area contributed by atoms with E-state index in [2.05, 4.69) is 10.2 Å². The van der Waals surface area contributed by atoms with Crippen molar-refractivity contribution in [3.05, 3.63) is 42.1 Å². The average molecular weight is 377 g/mol. The molecule has 1 aromatic carbocycles. The SMILES string of the molecule is CCOc1ccc(S(=O)(=O)N2CCCC(Oc3cccnn3)C2)cc1C. The highest BCUT2D eigenvalue weighted by Gasteiger charge is 2.31. The van der Waals surface area contributed by atoms with Gasteiger partial charge < -0.3 is 9.47 Å². The van der Waals surface area contributed by atoms with Crippen molar-refractivity contribution < 1.29 is 17.9 Å². The Bertz CT molecular complexity index is 843. The van der Waals surface area contributed by atoms with Crippen LogP contribution in [0.25, 0.3) is 0 Å². The van der Waals surface area contributed by atoms with Crippen LogP contribution < -0.4 is 9.47 Å². The lowest BCUT2D eigenvalue weighted by Crippen LogP contribution is -2.44. The summed E-state index contributed by atoms with van der Waals surface area (Å²) in [7, 11) is -3.58. The van der Waals surface area contributed by atoms with Crippen LogP contribution in [-0.2, 0) is 10.0 Å². The van der Waals surface area contributed by atoms with E-state index in [0.29, 0.717) is 31.3 Å². The fraction of sp³-hybridized carbons (Fsp3) is 0.444. The van der Waals surface area contributed by atoms with Crippen LogP contribution >= 0.6 is 0 Å². The Kier molecular flexibility index (Phi) is 5.73. The molecule has 8 heteroatoms. The molecular weight excluding hydrogens is 354 g/mol. The third-order valence-corrected chi connectivity index (χ3v) is 6.12. The number of aromatic nitrogens is 2. The number of piperidine rings is 1. The number of nitrogens with zero attached hydrogens (tertiary/aromatic N) is 3. The van der Waals surface area contributed by atoms with Gasteiger partial charge in [0.25, 0.3) is 0 Å². The molecule has 0 N–H and O–H groups in total. The first kappa shape index (κ1) is 18.6. The molecule has 0 amide bonds. The molecule has 1 aromatic heterocycles. The number of benzene rings is 1. The van der Waals surface area contributed by atoms with Gasteiger partial charge in [0, 0.05) is 18.8 Å². The second-order valence-corrected chi connectivity index (χ2v) is 8.11. The number of ether oxygens (including phenoxy) is 2. The zero-order valence-corrected chi connectivity index (χ0v) is 15.8. The summed E-state index contributed by atoms with van der Waals surface area (Å²) >= 11 is 0. The highest BCUT2D eigenvalue weighted by Crippen LogP contribution is 2.26. The van der Waals surface area contributed by atoms with E-state index >= 15 is 0 Å². The summed E-state index contributed by atoms with van der Waals surface area (Å²) < 4.78 is 38.8. The molecule has 3 rings (SSSR count). The highest BCUT2D eigenvalue weighted by molar-refractivity contribution is 7.89. The molecule has 1 aliphatic rings. The average Bonchev–Trinajstić information content (AvgIpc) is 2.64. The molecule has 140 valence electrons. The number of rotatable bonds is 6. The largest absolute Gasteiger partial charge is 0.494 e. The Labute approximate surface area is 154 Å². The first-order valence-corrected chi connectivity index (χ1v) is 10.1. The third-order valence-electron chi connectivity index (χ3n) is 4.26. The second-order valence-electron chi connectivity index (χ2n) is 6.17. The van der Waals surface area contributed by atoms with Crippen LogP contribution in [0, 0.1) is 6.92 Å². The minimum atomic E-state index is -3.58. The van der Waals surface area contributed by atoms with Crippen molar-refractivity contribution in [2.24, 2.45) is 0 Å². The molecule has 1 unspecified atom stereocenters. The van der Waals surface area contributed by atoms with Crippen molar-refractivity contribution in [3.8, 4) is 11.6 Å². The minimum absolute atomic E-state index is 0.237. The van der Waals surface area contributed by atoms with Crippen molar-refractivity contribution in [2.75, 3.05) is 19.7 Å². The number of aryl methyl sites for hydroxylation is 1. The van der Waals surface area contributed by atoms with Crippen LogP contribution in [0.1, 0.15) is 25.3 Å². The number of sulfonamides is 1. The Morgan fingerprint density at radius 2 is 2.15 bits per heavy atom. The molecule has 2 aromatic rings. The summed E-state index contributed by atoms with van der Waals surface area (Å²) in [5, 5.41) is 7.68. The number of hydrogen-bond donors (Lipinski definition) is 0. The Morgan fingerprint density at radius 1 is 1.31 bits per heavy atom. The van der Waals surface area contributed by atoms with E-state index in [1.54, 1.807) is 36.5 Å². The Morgan fingerprint density at radius 3 is 2.85 bits per heavy atom. The maximum absolute atomic E-state index is 13.0. The summed E-state index contributed by atoms with van der Waals surface area (Å²) in [6.07, 6.45) is 2.85. The zero-order valence-electron chi connectivity index (χ0n) is 15.0. The van der Waals surface area contributed by atoms with Crippen LogP contribution in [-0.4, -0.2) is 48.7 Å². The van der Waals surface area contributed by atoms with Crippen LogP contribution in [0.5, 0.6) is 11.6 Å². The van der Waals surface area contributed by atoms with Crippen LogP contribution in [0.3, 0.4) is 0 Å². The summed E-state index contributed by atoms with van der Waals surface area (Å²) in [6.45, 7) is 5.07. The molecule has 0 aliphatic carbocycles. The molecule has 1 atom stereocenters. The Balaban J connectivity index is 1.75. The topological polar surface area (TPSA) is 81.6 Å². The highest BCUT2D eigenvalue weighted by atomic mass is 32.2. The van der Waals surface area contributed by atoms with Crippen LogP contribution in [0.15, 0.2) is 41.4 Å². The van der Waals surface area contributed by atoms with E-state index in [9.17, 15) is 8.42 Å². The van der Waals surface area contributed by atoms with Gasteiger partial charge in [0.15, 0.2) is 0 Å². The lowest BCUT2D eigenvalue weighted by molar-refractivity contribution is 0.123. The zero-order chi connectivity index (χ0) is 18.6. The van der Waals surface area contributed by atoms with Crippen LogP contribution in [0.2, 0.25) is 0 Å². The maximum Gasteiger partial charge on any atom is 0.243 e.